The van der Waals surface area contributed by atoms with E-state index in [0.717, 1.165) is 40.4 Å². The van der Waals surface area contributed by atoms with Crippen molar-refractivity contribution in [2.75, 3.05) is 36.4 Å². The molecule has 1 amide bonds. The summed E-state index contributed by atoms with van der Waals surface area (Å²) >= 11 is 1.49. The Morgan fingerprint density at radius 3 is 2.42 bits per heavy atom. The Morgan fingerprint density at radius 2 is 1.81 bits per heavy atom. The highest BCUT2D eigenvalue weighted by Gasteiger charge is 2.29. The van der Waals surface area contributed by atoms with E-state index in [-0.39, 0.29) is 11.8 Å². The van der Waals surface area contributed by atoms with Crippen LogP contribution in [-0.2, 0) is 16.0 Å². The fourth-order valence-corrected chi connectivity index (χ4v) is 5.08. The van der Waals surface area contributed by atoms with Crippen LogP contribution < -0.4 is 10.2 Å². The number of aryl methyl sites for hydroxylation is 1. The summed E-state index contributed by atoms with van der Waals surface area (Å²) in [4.78, 5) is 38.8. The van der Waals surface area contributed by atoms with Gasteiger partial charge in [0, 0.05) is 67.7 Å². The van der Waals surface area contributed by atoms with Crippen LogP contribution in [0.5, 0.6) is 0 Å². The molecule has 2 aliphatic rings. The van der Waals surface area contributed by atoms with Gasteiger partial charge in [-0.15, -0.1) is 0 Å². The summed E-state index contributed by atoms with van der Waals surface area (Å²) in [5.74, 6) is 2.98. The molecule has 188 valence electrons. The fourth-order valence-electron chi connectivity index (χ4n) is 4.33. The van der Waals surface area contributed by atoms with Crippen molar-refractivity contribution in [2.45, 2.75) is 50.1 Å². The lowest BCUT2D eigenvalue weighted by Gasteiger charge is -2.35. The molecule has 1 aromatic carbocycles. The van der Waals surface area contributed by atoms with Crippen molar-refractivity contribution < 1.29 is 9.59 Å². The molecule has 2 aromatic heterocycles. The number of piperazine rings is 1. The lowest BCUT2D eigenvalue weighted by atomic mass is 10.1. The summed E-state index contributed by atoms with van der Waals surface area (Å²) < 4.78 is 0. The number of nitrogens with zero attached hydrogens (tertiary/aromatic N) is 5. The third-order valence-corrected chi connectivity index (χ3v) is 7.49. The number of nitrogens with one attached hydrogen (secondary N) is 2. The average molecular weight is 506 g/mol. The number of aromatic amines is 1. The molecule has 1 aliphatic carbocycles. The van der Waals surface area contributed by atoms with Gasteiger partial charge in [0.25, 0.3) is 0 Å². The molecule has 5 rings (SSSR count). The number of H-pyrrole nitrogens is 1. The van der Waals surface area contributed by atoms with E-state index in [4.69, 9.17) is 9.97 Å². The summed E-state index contributed by atoms with van der Waals surface area (Å²) in [6.45, 7) is 8.34. The summed E-state index contributed by atoms with van der Waals surface area (Å²) in [6.07, 6.45) is 2.58. The summed E-state index contributed by atoms with van der Waals surface area (Å²) in [5, 5.41) is 11.2. The third kappa shape index (κ3) is 5.70. The molecule has 9 nitrogen and oxygen atoms in total. The van der Waals surface area contributed by atoms with Gasteiger partial charge in [-0.25, -0.2) is 9.97 Å². The van der Waals surface area contributed by atoms with Crippen LogP contribution in [0.2, 0.25) is 0 Å². The maximum Gasteiger partial charge on any atom is 0.219 e. The van der Waals surface area contributed by atoms with Crippen molar-refractivity contribution in [3.63, 3.8) is 0 Å². The van der Waals surface area contributed by atoms with Gasteiger partial charge in [-0.1, -0.05) is 12.1 Å². The Morgan fingerprint density at radius 1 is 1.08 bits per heavy atom. The van der Waals surface area contributed by atoms with Crippen LogP contribution in [0.4, 0.5) is 17.5 Å². The number of rotatable bonds is 8. The van der Waals surface area contributed by atoms with Gasteiger partial charge in [-0.05, 0) is 56.1 Å². The zero-order chi connectivity index (χ0) is 25.2. The Balaban J connectivity index is 1.38. The molecule has 36 heavy (non-hydrogen) atoms. The zero-order valence-corrected chi connectivity index (χ0v) is 21.7. The van der Waals surface area contributed by atoms with E-state index in [9.17, 15) is 9.59 Å². The van der Waals surface area contributed by atoms with Crippen LogP contribution in [0.15, 0.2) is 40.4 Å². The standard InChI is InChI=1S/C26H31N7O2S/c1-16-14-23(31-30-16)27-24-17(2)25(33-12-10-32(11-13-33)18(3)34)29-26(28-24)36-21-8-4-19(5-9-21)15-22(35)20-6-7-20/h4-5,8-9,14,20H,6-7,10-13,15H2,1-3H3,(H2,27,28,29,30,31). The van der Waals surface area contributed by atoms with Crippen molar-refractivity contribution >= 4 is 40.9 Å². The molecule has 3 heterocycles. The van der Waals surface area contributed by atoms with Crippen LogP contribution in [0.3, 0.4) is 0 Å². The molecule has 1 saturated heterocycles. The molecule has 0 unspecified atom stereocenters. The van der Waals surface area contributed by atoms with E-state index in [1.165, 1.54) is 11.8 Å². The van der Waals surface area contributed by atoms with Crippen LogP contribution in [0.25, 0.3) is 0 Å². The number of amides is 1. The van der Waals surface area contributed by atoms with Crippen molar-refractivity contribution in [3.8, 4) is 0 Å². The first-order chi connectivity index (χ1) is 17.4. The minimum Gasteiger partial charge on any atom is -0.353 e. The lowest BCUT2D eigenvalue weighted by Crippen LogP contribution is -2.48. The van der Waals surface area contributed by atoms with Gasteiger partial charge >= 0.3 is 0 Å². The van der Waals surface area contributed by atoms with E-state index < -0.39 is 0 Å². The first-order valence-electron chi connectivity index (χ1n) is 12.3. The van der Waals surface area contributed by atoms with Crippen LogP contribution in [0, 0.1) is 19.8 Å². The van der Waals surface area contributed by atoms with Crippen molar-refractivity contribution in [1.29, 1.82) is 0 Å². The maximum absolute atomic E-state index is 12.2. The highest BCUT2D eigenvalue weighted by Crippen LogP contribution is 2.34. The molecular weight excluding hydrogens is 474 g/mol. The Labute approximate surface area is 215 Å². The van der Waals surface area contributed by atoms with Crippen molar-refractivity contribution in [2.24, 2.45) is 5.92 Å². The lowest BCUT2D eigenvalue weighted by molar-refractivity contribution is -0.129. The minimum atomic E-state index is 0.101. The predicted molar refractivity (Wildman–Crippen MR) is 140 cm³/mol. The van der Waals surface area contributed by atoms with Crippen LogP contribution in [0.1, 0.15) is 36.6 Å². The highest BCUT2D eigenvalue weighted by atomic mass is 32.2. The van der Waals surface area contributed by atoms with E-state index >= 15 is 0 Å². The summed E-state index contributed by atoms with van der Waals surface area (Å²) in [6, 6.07) is 10.0. The Kier molecular flexibility index (Phi) is 6.95. The molecule has 0 radical (unpaired) electrons. The zero-order valence-electron chi connectivity index (χ0n) is 20.9. The summed E-state index contributed by atoms with van der Waals surface area (Å²) in [7, 11) is 0. The molecule has 0 atom stereocenters. The number of aromatic nitrogens is 4. The number of Topliss-reactive ketones (excluding diaryl/α,β-unsaturated/α-hetero) is 1. The number of carbonyl (C=O) groups excluding carboxylic acids is 2. The van der Waals surface area contributed by atoms with Gasteiger partial charge < -0.3 is 15.1 Å². The van der Waals surface area contributed by atoms with E-state index in [2.05, 4.69) is 20.4 Å². The number of anilines is 3. The fraction of sp³-hybridized carbons (Fsp3) is 0.423. The van der Waals surface area contributed by atoms with E-state index in [1.54, 1.807) is 6.92 Å². The monoisotopic (exact) mass is 505 g/mol. The third-order valence-electron chi connectivity index (χ3n) is 6.62. The number of hydrogen-bond acceptors (Lipinski definition) is 8. The maximum atomic E-state index is 12.2. The second-order valence-electron chi connectivity index (χ2n) is 9.52. The second kappa shape index (κ2) is 10.3. The first kappa shape index (κ1) is 24.3. The van der Waals surface area contributed by atoms with Gasteiger partial charge in [0.1, 0.15) is 17.4 Å². The molecule has 1 aliphatic heterocycles. The molecule has 2 fully saturated rings. The number of hydrogen-bond donors (Lipinski definition) is 2. The molecule has 0 bridgehead atoms. The van der Waals surface area contributed by atoms with Gasteiger partial charge in [0.2, 0.25) is 5.91 Å². The minimum absolute atomic E-state index is 0.101. The number of ketones is 1. The largest absolute Gasteiger partial charge is 0.353 e. The second-order valence-corrected chi connectivity index (χ2v) is 10.6. The quantitative estimate of drug-likeness (QED) is 0.444. The van der Waals surface area contributed by atoms with Gasteiger partial charge in [-0.2, -0.15) is 5.10 Å². The smallest absolute Gasteiger partial charge is 0.219 e. The highest BCUT2D eigenvalue weighted by molar-refractivity contribution is 7.99. The first-order valence-corrected chi connectivity index (χ1v) is 13.1. The number of benzene rings is 1. The van der Waals surface area contributed by atoms with Gasteiger partial charge in [0.05, 0.1) is 0 Å². The SMILES string of the molecule is CC(=O)N1CCN(c2nc(Sc3ccc(CC(=O)C4CC4)cc3)nc(Nc3cc(C)[nH]n3)c2C)CC1. The van der Waals surface area contributed by atoms with Crippen LogP contribution in [-0.4, -0.2) is 62.9 Å². The van der Waals surface area contributed by atoms with E-state index in [1.807, 2.05) is 49.1 Å². The van der Waals surface area contributed by atoms with Gasteiger partial charge in [0.15, 0.2) is 11.0 Å². The van der Waals surface area contributed by atoms with Crippen molar-refractivity contribution in [1.82, 2.24) is 25.1 Å². The molecule has 1 saturated carbocycles. The molecule has 0 spiro atoms. The molecule has 2 N–H and O–H groups in total. The molecule has 3 aromatic rings. The van der Waals surface area contributed by atoms with Crippen LogP contribution >= 0.6 is 11.8 Å². The molecule has 10 heteroatoms. The average Bonchev–Trinajstić information content (AvgIpc) is 3.64. The van der Waals surface area contributed by atoms with Crippen molar-refractivity contribution in [3.05, 3.63) is 47.2 Å². The van der Waals surface area contributed by atoms with E-state index in [0.29, 0.717) is 55.2 Å². The Bertz CT molecular complexity index is 1260. The Hall–Kier alpha value is -3.40. The molecular formula is C26H31N7O2S. The predicted octanol–water partition coefficient (Wildman–Crippen LogP) is 3.90. The topological polar surface area (TPSA) is 107 Å². The van der Waals surface area contributed by atoms with Gasteiger partial charge in [-0.3, -0.25) is 14.7 Å². The summed E-state index contributed by atoms with van der Waals surface area (Å²) in [5.41, 5.74) is 2.94. The number of carbonyl (C=O) groups is 2. The normalized spacial score (nSPS) is 15.8.